The highest BCUT2D eigenvalue weighted by Gasteiger charge is 2.13. The average molecular weight is 428 g/mol. The first kappa shape index (κ1) is 21.8. The fraction of sp³-hybridized carbons (Fsp3) is 0.348. The van der Waals surface area contributed by atoms with Gasteiger partial charge >= 0.3 is 5.69 Å². The first-order valence-corrected chi connectivity index (χ1v) is 10.6. The van der Waals surface area contributed by atoms with Crippen molar-refractivity contribution in [3.63, 3.8) is 0 Å². The summed E-state index contributed by atoms with van der Waals surface area (Å²) in [6, 6.07) is 14.5. The number of fused-ring (bicyclic) bond motifs is 1. The van der Waals surface area contributed by atoms with Crippen molar-refractivity contribution in [3.8, 4) is 0 Å². The molecule has 1 N–H and O–H groups in total. The van der Waals surface area contributed by atoms with Crippen molar-refractivity contribution >= 4 is 28.4 Å². The Hall–Kier alpha value is -2.86. The summed E-state index contributed by atoms with van der Waals surface area (Å²) in [5, 5.41) is 3.93. The van der Waals surface area contributed by atoms with Gasteiger partial charge in [-0.15, -0.1) is 0 Å². The van der Waals surface area contributed by atoms with Crippen LogP contribution in [0.15, 0.2) is 58.1 Å². The Morgan fingerprint density at radius 2 is 1.83 bits per heavy atom. The third-order valence-corrected chi connectivity index (χ3v) is 5.20. The number of halogens is 1. The molecule has 0 aliphatic heterocycles. The molecule has 3 aromatic rings. The number of hydrogen-bond donors (Lipinski definition) is 1. The van der Waals surface area contributed by atoms with Gasteiger partial charge in [0.25, 0.3) is 5.56 Å². The molecule has 0 bridgehead atoms. The van der Waals surface area contributed by atoms with E-state index in [1.807, 2.05) is 31.2 Å². The highest BCUT2D eigenvalue weighted by molar-refractivity contribution is 6.30. The van der Waals surface area contributed by atoms with E-state index in [0.29, 0.717) is 48.3 Å². The average Bonchev–Trinajstić information content (AvgIpc) is 2.74. The van der Waals surface area contributed by atoms with Crippen LogP contribution >= 0.6 is 11.6 Å². The molecule has 0 atom stereocenters. The van der Waals surface area contributed by atoms with Gasteiger partial charge in [-0.05, 0) is 49.1 Å². The minimum Gasteiger partial charge on any atom is -0.356 e. The summed E-state index contributed by atoms with van der Waals surface area (Å²) >= 11 is 6.09. The standard InChI is InChI=1S/C23H26ClN3O3/c1-2-13-25-21(28)12-5-6-14-26-22(29)19-10-3-4-11-20(19)27(23(26)30)16-17-8-7-9-18(24)15-17/h3-4,7-11,15H,2,5-6,12-14,16H2,1H3,(H,25,28). The van der Waals surface area contributed by atoms with E-state index in [1.165, 1.54) is 4.57 Å². The molecular formula is C23H26ClN3O3. The van der Waals surface area contributed by atoms with Crippen molar-refractivity contribution in [2.24, 2.45) is 0 Å². The molecule has 7 heteroatoms. The van der Waals surface area contributed by atoms with Gasteiger partial charge in [-0.1, -0.05) is 42.8 Å². The molecule has 0 fully saturated rings. The number of hydrogen-bond acceptors (Lipinski definition) is 3. The van der Waals surface area contributed by atoms with Crippen molar-refractivity contribution < 1.29 is 4.79 Å². The molecule has 2 aromatic carbocycles. The number of nitrogens with zero attached hydrogens (tertiary/aromatic N) is 2. The van der Waals surface area contributed by atoms with Crippen LogP contribution in [0.25, 0.3) is 10.9 Å². The first-order valence-electron chi connectivity index (χ1n) is 10.2. The molecule has 0 spiro atoms. The fourth-order valence-corrected chi connectivity index (χ4v) is 3.66. The van der Waals surface area contributed by atoms with E-state index in [-0.39, 0.29) is 23.7 Å². The van der Waals surface area contributed by atoms with Crippen molar-refractivity contribution in [3.05, 3.63) is 80.0 Å². The number of amides is 1. The minimum absolute atomic E-state index is 0.000996. The quantitative estimate of drug-likeness (QED) is 0.530. The van der Waals surface area contributed by atoms with E-state index in [4.69, 9.17) is 11.6 Å². The lowest BCUT2D eigenvalue weighted by atomic mass is 10.2. The number of nitrogens with one attached hydrogen (secondary N) is 1. The lowest BCUT2D eigenvalue weighted by molar-refractivity contribution is -0.121. The highest BCUT2D eigenvalue weighted by atomic mass is 35.5. The van der Waals surface area contributed by atoms with Crippen LogP contribution in [0.5, 0.6) is 0 Å². The molecular weight excluding hydrogens is 402 g/mol. The number of benzene rings is 2. The number of carbonyl (C=O) groups is 1. The largest absolute Gasteiger partial charge is 0.356 e. The predicted octanol–water partition coefficient (Wildman–Crippen LogP) is 3.56. The Balaban J connectivity index is 1.87. The Morgan fingerprint density at radius 1 is 1.03 bits per heavy atom. The number of rotatable bonds is 9. The van der Waals surface area contributed by atoms with Gasteiger partial charge in [-0.3, -0.25) is 18.7 Å². The van der Waals surface area contributed by atoms with Crippen LogP contribution in [0.2, 0.25) is 5.02 Å². The Labute approximate surface area is 180 Å². The van der Waals surface area contributed by atoms with Gasteiger partial charge in [-0.2, -0.15) is 0 Å². The highest BCUT2D eigenvalue weighted by Crippen LogP contribution is 2.14. The minimum atomic E-state index is -0.353. The third kappa shape index (κ3) is 5.19. The van der Waals surface area contributed by atoms with Crippen LogP contribution in [0, 0.1) is 0 Å². The number of unbranched alkanes of at least 4 members (excludes halogenated alkanes) is 1. The molecule has 6 nitrogen and oxygen atoms in total. The van der Waals surface area contributed by atoms with E-state index >= 15 is 0 Å². The molecule has 158 valence electrons. The van der Waals surface area contributed by atoms with Gasteiger partial charge in [0, 0.05) is 24.5 Å². The maximum Gasteiger partial charge on any atom is 0.331 e. The van der Waals surface area contributed by atoms with E-state index in [9.17, 15) is 14.4 Å². The summed E-state index contributed by atoms with van der Waals surface area (Å²) in [6.07, 6.45) is 2.47. The molecule has 1 heterocycles. The summed E-state index contributed by atoms with van der Waals surface area (Å²) in [4.78, 5) is 37.9. The van der Waals surface area contributed by atoms with Crippen LogP contribution in [-0.2, 0) is 17.9 Å². The summed E-state index contributed by atoms with van der Waals surface area (Å²) in [5.74, 6) is 0.000996. The second-order valence-electron chi connectivity index (χ2n) is 7.28. The molecule has 3 rings (SSSR count). The monoisotopic (exact) mass is 427 g/mol. The van der Waals surface area contributed by atoms with Gasteiger partial charge in [0.05, 0.1) is 17.4 Å². The smallest absolute Gasteiger partial charge is 0.331 e. The fourth-order valence-electron chi connectivity index (χ4n) is 3.45. The maximum absolute atomic E-state index is 13.2. The summed E-state index contributed by atoms with van der Waals surface area (Å²) in [6.45, 7) is 3.26. The van der Waals surface area contributed by atoms with E-state index in [0.717, 1.165) is 12.0 Å². The van der Waals surface area contributed by atoms with Crippen LogP contribution in [-0.4, -0.2) is 21.6 Å². The molecule has 0 aliphatic carbocycles. The Bertz CT molecular complexity index is 1150. The van der Waals surface area contributed by atoms with E-state index in [2.05, 4.69) is 5.32 Å². The lowest BCUT2D eigenvalue weighted by Gasteiger charge is -2.14. The van der Waals surface area contributed by atoms with E-state index < -0.39 is 0 Å². The molecule has 0 unspecified atom stereocenters. The van der Waals surface area contributed by atoms with Gasteiger partial charge in [-0.25, -0.2) is 4.79 Å². The van der Waals surface area contributed by atoms with Crippen molar-refractivity contribution in [1.82, 2.24) is 14.5 Å². The SMILES string of the molecule is CCCNC(=O)CCCCn1c(=O)c2ccccc2n(Cc2cccc(Cl)c2)c1=O. The topological polar surface area (TPSA) is 73.1 Å². The summed E-state index contributed by atoms with van der Waals surface area (Å²) in [5.41, 5.74) is 0.831. The lowest BCUT2D eigenvalue weighted by Crippen LogP contribution is -2.40. The Morgan fingerprint density at radius 3 is 2.60 bits per heavy atom. The molecule has 0 saturated carbocycles. The van der Waals surface area contributed by atoms with Crippen LogP contribution in [0.4, 0.5) is 0 Å². The van der Waals surface area contributed by atoms with Crippen molar-refractivity contribution in [2.75, 3.05) is 6.54 Å². The van der Waals surface area contributed by atoms with E-state index in [1.54, 1.807) is 28.8 Å². The third-order valence-electron chi connectivity index (χ3n) is 4.97. The second kappa shape index (κ2) is 10.3. The zero-order valence-corrected chi connectivity index (χ0v) is 17.8. The second-order valence-corrected chi connectivity index (χ2v) is 7.72. The molecule has 30 heavy (non-hydrogen) atoms. The van der Waals surface area contributed by atoms with Gasteiger partial charge < -0.3 is 5.32 Å². The summed E-state index contributed by atoms with van der Waals surface area (Å²) in [7, 11) is 0. The number of carbonyl (C=O) groups excluding carboxylic acids is 1. The molecule has 1 aromatic heterocycles. The van der Waals surface area contributed by atoms with Gasteiger partial charge in [0.2, 0.25) is 5.91 Å². The maximum atomic E-state index is 13.2. The number of para-hydroxylation sites is 1. The van der Waals surface area contributed by atoms with Crippen molar-refractivity contribution in [2.45, 2.75) is 45.7 Å². The number of aromatic nitrogens is 2. The molecule has 0 aliphatic rings. The van der Waals surface area contributed by atoms with Crippen LogP contribution in [0.3, 0.4) is 0 Å². The first-order chi connectivity index (χ1) is 14.5. The van der Waals surface area contributed by atoms with Crippen molar-refractivity contribution in [1.29, 1.82) is 0 Å². The van der Waals surface area contributed by atoms with Gasteiger partial charge in [0.15, 0.2) is 0 Å². The molecule has 1 amide bonds. The Kier molecular flexibility index (Phi) is 7.46. The van der Waals surface area contributed by atoms with Gasteiger partial charge in [0.1, 0.15) is 0 Å². The predicted molar refractivity (Wildman–Crippen MR) is 120 cm³/mol. The zero-order chi connectivity index (χ0) is 21.5. The van der Waals surface area contributed by atoms with Crippen LogP contribution in [0.1, 0.15) is 38.2 Å². The molecule has 0 saturated heterocycles. The zero-order valence-electron chi connectivity index (χ0n) is 17.1. The van der Waals surface area contributed by atoms with Crippen LogP contribution < -0.4 is 16.6 Å². The summed E-state index contributed by atoms with van der Waals surface area (Å²) < 4.78 is 2.88. The normalized spacial score (nSPS) is 11.0. The molecule has 0 radical (unpaired) electrons.